The molecular weight excluding hydrogens is 717 g/mol. The summed E-state index contributed by atoms with van der Waals surface area (Å²) in [5.74, 6) is 1.65. The van der Waals surface area contributed by atoms with Gasteiger partial charge in [-0.2, -0.15) is 0 Å². The van der Waals surface area contributed by atoms with Crippen LogP contribution in [0.25, 0.3) is 0 Å². The molecule has 3 aliphatic carbocycles. The number of hydrogen-bond acceptors (Lipinski definition) is 8. The molecule has 2 saturated carbocycles. The van der Waals surface area contributed by atoms with Gasteiger partial charge in [-0.1, -0.05) is 68.8 Å². The predicted octanol–water partition coefficient (Wildman–Crippen LogP) is 9.96. The molecule has 2 aromatic rings. The van der Waals surface area contributed by atoms with E-state index >= 15 is 0 Å². The molecule has 9 nitrogen and oxygen atoms in total. The van der Waals surface area contributed by atoms with E-state index in [1.165, 1.54) is 36.8 Å². The monoisotopic (exact) mass is 785 g/mol. The summed E-state index contributed by atoms with van der Waals surface area (Å²) < 4.78 is 21.1. The average Bonchev–Trinajstić information content (AvgIpc) is 3.74. The first kappa shape index (κ1) is 42.9. The Balaban J connectivity index is 1.54. The molecule has 312 valence electrons. The number of rotatable bonds is 21. The molecule has 1 aliphatic heterocycles. The molecule has 1 amide bonds. The molecule has 57 heavy (non-hydrogen) atoms. The van der Waals surface area contributed by atoms with E-state index in [4.69, 9.17) is 24.2 Å². The van der Waals surface area contributed by atoms with E-state index in [-0.39, 0.29) is 49.4 Å². The zero-order valence-corrected chi connectivity index (χ0v) is 35.1. The number of aryl methyl sites for hydroxylation is 2. The number of aliphatic hydroxyl groups excluding tert-OH is 2. The van der Waals surface area contributed by atoms with Gasteiger partial charge in [0.25, 0.3) is 0 Å². The molecule has 4 aliphatic rings. The zero-order chi connectivity index (χ0) is 40.4. The Morgan fingerprint density at radius 3 is 2.42 bits per heavy atom. The van der Waals surface area contributed by atoms with Crippen molar-refractivity contribution in [2.75, 3.05) is 33.0 Å². The summed E-state index contributed by atoms with van der Waals surface area (Å²) in [5, 5.41) is 24.6. The van der Waals surface area contributed by atoms with Gasteiger partial charge in [0, 0.05) is 44.1 Å². The Bertz CT molecular complexity index is 1720. The number of carbonyl (C=O) groups is 1. The minimum atomic E-state index is -1.23. The zero-order valence-electron chi connectivity index (χ0n) is 35.1. The van der Waals surface area contributed by atoms with Gasteiger partial charge in [-0.3, -0.25) is 4.79 Å². The Labute approximate surface area is 341 Å². The van der Waals surface area contributed by atoms with Crippen molar-refractivity contribution in [3.63, 3.8) is 0 Å². The lowest BCUT2D eigenvalue weighted by atomic mass is 9.55. The van der Waals surface area contributed by atoms with Gasteiger partial charge in [-0.05, 0) is 124 Å². The number of aliphatic hydroxyl groups is 2. The van der Waals surface area contributed by atoms with E-state index in [2.05, 4.69) is 56.5 Å². The van der Waals surface area contributed by atoms with Gasteiger partial charge in [-0.25, -0.2) is 0 Å². The van der Waals surface area contributed by atoms with Gasteiger partial charge in [-0.15, -0.1) is 6.58 Å². The Morgan fingerprint density at radius 2 is 1.72 bits per heavy atom. The van der Waals surface area contributed by atoms with Crippen LogP contribution in [0, 0.1) is 37.5 Å². The number of unbranched alkanes of at least 4 members (excludes halogenated alkanes) is 2. The molecule has 6 rings (SSSR count). The summed E-state index contributed by atoms with van der Waals surface area (Å²) in [5.41, 5.74) is 5.33. The third kappa shape index (κ3) is 9.63. The molecule has 9 heteroatoms. The van der Waals surface area contributed by atoms with Crippen LogP contribution in [-0.4, -0.2) is 71.5 Å². The second-order valence-corrected chi connectivity index (χ2v) is 16.8. The summed E-state index contributed by atoms with van der Waals surface area (Å²) in [6.45, 7) is 13.9. The molecule has 6 atom stereocenters. The molecule has 0 spiro atoms. The number of benzene rings is 2. The fourth-order valence-electron chi connectivity index (χ4n) is 10.2. The van der Waals surface area contributed by atoms with Crippen LogP contribution in [0.3, 0.4) is 0 Å². The van der Waals surface area contributed by atoms with E-state index in [9.17, 15) is 15.0 Å². The summed E-state index contributed by atoms with van der Waals surface area (Å²) in [6.07, 6.45) is 16.7. The lowest BCUT2D eigenvalue weighted by Gasteiger charge is -2.60. The largest absolute Gasteiger partial charge is 0.459 e. The molecule has 0 saturated heterocycles. The lowest BCUT2D eigenvalue weighted by Crippen LogP contribution is -2.70. The van der Waals surface area contributed by atoms with E-state index < -0.39 is 11.8 Å². The van der Waals surface area contributed by atoms with Crippen LogP contribution in [0.15, 0.2) is 65.9 Å². The van der Waals surface area contributed by atoms with Crippen LogP contribution >= 0.6 is 0 Å². The standard InChI is InChI=1S/C48H68N2O7/c1-6-25-50(45(53)24-20-35-15-9-10-16-35)44-32-42(49-55-8-3)40-30-36(17-11-13-26-51)39(18-12-14-27-52)46-41-31-38(56-37-21-19-33(4)34(5)29-37)22-23-43(41)57-48(44,47(40)46)54-28-7-2/h7,19,21-23,29-31,35-36,39,44,46-47,51-52H,2,6,8-18,20,24-28,32H2,1,3-5H3. The van der Waals surface area contributed by atoms with E-state index in [1.807, 2.05) is 25.1 Å². The number of nitrogens with zero attached hydrogens (tertiary/aromatic N) is 2. The van der Waals surface area contributed by atoms with Crippen molar-refractivity contribution in [2.45, 2.75) is 135 Å². The molecule has 0 bridgehead atoms. The summed E-state index contributed by atoms with van der Waals surface area (Å²) >= 11 is 0. The highest BCUT2D eigenvalue weighted by molar-refractivity contribution is 6.03. The first-order valence-electron chi connectivity index (χ1n) is 22.0. The molecule has 0 aromatic heterocycles. The summed E-state index contributed by atoms with van der Waals surface area (Å²) in [7, 11) is 0. The van der Waals surface area contributed by atoms with Crippen LogP contribution in [0.4, 0.5) is 0 Å². The maximum atomic E-state index is 14.6. The average molecular weight is 785 g/mol. The number of ether oxygens (including phenoxy) is 3. The van der Waals surface area contributed by atoms with Crippen molar-refractivity contribution in [3.05, 3.63) is 77.4 Å². The number of allylic oxidation sites excluding steroid dienone is 1. The fourth-order valence-corrected chi connectivity index (χ4v) is 10.2. The minimum absolute atomic E-state index is 0.0913. The molecule has 2 N–H and O–H groups in total. The van der Waals surface area contributed by atoms with Crippen LogP contribution in [-0.2, 0) is 14.4 Å². The highest BCUT2D eigenvalue weighted by atomic mass is 16.7. The number of hydrogen-bond donors (Lipinski definition) is 2. The number of oxime groups is 1. The van der Waals surface area contributed by atoms with E-state index in [1.54, 1.807) is 6.08 Å². The van der Waals surface area contributed by atoms with Crippen molar-refractivity contribution in [1.29, 1.82) is 0 Å². The Kier molecular flexibility index (Phi) is 15.3. The van der Waals surface area contributed by atoms with Gasteiger partial charge in [0.05, 0.1) is 18.2 Å². The van der Waals surface area contributed by atoms with Gasteiger partial charge in [0.2, 0.25) is 11.7 Å². The fraction of sp³-hybridized carbons (Fsp3) is 0.625. The molecule has 2 fully saturated rings. The third-order valence-corrected chi connectivity index (χ3v) is 13.1. The topological polar surface area (TPSA) is 110 Å². The van der Waals surface area contributed by atoms with Gasteiger partial charge >= 0.3 is 0 Å². The molecular formula is C48H68N2O7. The highest BCUT2D eigenvalue weighted by Gasteiger charge is 2.65. The SMILES string of the molecule is C=CCOC12Oc3ccc(Oc4ccc(C)c(C)c4)cc3C3C(CCCCO)C(CCCCO)C=C(C(=NOCC)CC1N(CCC)C(=O)CCC1CCCC1)C32. The van der Waals surface area contributed by atoms with E-state index in [0.717, 1.165) is 79.0 Å². The quantitative estimate of drug-likeness (QED) is 0.0737. The van der Waals surface area contributed by atoms with Crippen molar-refractivity contribution >= 4 is 11.6 Å². The normalized spacial score (nSPS) is 26.0. The first-order valence-corrected chi connectivity index (χ1v) is 22.0. The van der Waals surface area contributed by atoms with E-state index in [0.29, 0.717) is 38.3 Å². The number of amides is 1. The number of fused-ring (bicyclic) bond motifs is 2. The van der Waals surface area contributed by atoms with Crippen LogP contribution in [0.5, 0.6) is 17.2 Å². The minimum Gasteiger partial charge on any atom is -0.459 e. The Morgan fingerprint density at radius 1 is 0.982 bits per heavy atom. The van der Waals surface area contributed by atoms with Crippen molar-refractivity contribution < 1.29 is 34.1 Å². The lowest BCUT2D eigenvalue weighted by molar-refractivity contribution is -0.257. The highest BCUT2D eigenvalue weighted by Crippen LogP contribution is 2.62. The molecule has 6 unspecified atom stereocenters. The third-order valence-electron chi connectivity index (χ3n) is 13.1. The maximum absolute atomic E-state index is 14.6. The van der Waals surface area contributed by atoms with Gasteiger partial charge < -0.3 is 34.2 Å². The molecule has 2 aromatic carbocycles. The van der Waals surface area contributed by atoms with Crippen LogP contribution in [0.1, 0.15) is 126 Å². The van der Waals surface area contributed by atoms with Crippen molar-refractivity contribution in [1.82, 2.24) is 4.90 Å². The van der Waals surface area contributed by atoms with Gasteiger partial charge in [0.1, 0.15) is 29.9 Å². The summed E-state index contributed by atoms with van der Waals surface area (Å²) in [4.78, 5) is 22.6. The molecule has 0 radical (unpaired) electrons. The predicted molar refractivity (Wildman–Crippen MR) is 226 cm³/mol. The second-order valence-electron chi connectivity index (χ2n) is 16.8. The van der Waals surface area contributed by atoms with Crippen molar-refractivity contribution in [3.8, 4) is 17.2 Å². The smallest absolute Gasteiger partial charge is 0.239 e. The summed E-state index contributed by atoms with van der Waals surface area (Å²) in [6, 6.07) is 11.9. The van der Waals surface area contributed by atoms with Crippen LogP contribution in [0.2, 0.25) is 0 Å². The Hall–Kier alpha value is -3.66. The van der Waals surface area contributed by atoms with Crippen molar-refractivity contribution in [2.24, 2.45) is 28.8 Å². The van der Waals surface area contributed by atoms with Crippen LogP contribution < -0.4 is 9.47 Å². The van der Waals surface area contributed by atoms with Gasteiger partial charge in [0.15, 0.2) is 0 Å². The number of carbonyl (C=O) groups excluding carboxylic acids is 1. The first-order chi connectivity index (χ1) is 27.8. The maximum Gasteiger partial charge on any atom is 0.239 e. The second kappa shape index (κ2) is 20.3. The molecule has 1 heterocycles.